The number of aliphatic hydroxyl groups excluding tert-OH is 1. The molecule has 2 aromatic carbocycles. The lowest BCUT2D eigenvalue weighted by atomic mass is 10.2. The zero-order valence-electron chi connectivity index (χ0n) is 12.8. The molecule has 0 unspecified atom stereocenters. The number of hydrogen-bond donors (Lipinski definition) is 1. The number of benzene rings is 2. The first kappa shape index (κ1) is 15.0. The Balaban J connectivity index is 1.80. The normalized spacial score (nSPS) is 11.2. The highest BCUT2D eigenvalue weighted by atomic mass is 35.5. The van der Waals surface area contributed by atoms with Crippen molar-refractivity contribution in [3.8, 4) is 11.5 Å². The van der Waals surface area contributed by atoms with Gasteiger partial charge in [-0.2, -0.15) is 5.10 Å². The molecule has 1 N–H and O–H groups in total. The predicted octanol–water partition coefficient (Wildman–Crippen LogP) is 4.49. The van der Waals surface area contributed by atoms with Crippen molar-refractivity contribution >= 4 is 22.5 Å². The van der Waals surface area contributed by atoms with Crippen LogP contribution in [-0.2, 0) is 13.2 Å². The van der Waals surface area contributed by atoms with Gasteiger partial charge < -0.3 is 9.52 Å². The monoisotopic (exact) mass is 338 g/mol. The average Bonchev–Trinajstić information content (AvgIpc) is 3.22. The fourth-order valence-corrected chi connectivity index (χ4v) is 2.91. The molecule has 2 heterocycles. The van der Waals surface area contributed by atoms with Gasteiger partial charge in [-0.05, 0) is 35.9 Å². The minimum atomic E-state index is -0.122. The molecule has 2 aromatic heterocycles. The SMILES string of the molecule is OCc1ccc(-c2nn(Cc3ccc(Cl)cc3)c3ccccc23)o1. The molecule has 0 aliphatic heterocycles. The number of nitrogens with zero attached hydrogens (tertiary/aromatic N) is 2. The van der Waals surface area contributed by atoms with E-state index in [1.165, 1.54) is 0 Å². The standard InChI is InChI=1S/C19H15ClN2O2/c20-14-7-5-13(6-8-14)11-22-17-4-2-1-3-16(17)19(21-22)18-10-9-15(12-23)24-18/h1-10,23H,11-12H2. The van der Waals surface area contributed by atoms with E-state index in [1.54, 1.807) is 6.07 Å². The number of hydrogen-bond acceptors (Lipinski definition) is 3. The van der Waals surface area contributed by atoms with Crippen LogP contribution in [-0.4, -0.2) is 14.9 Å². The van der Waals surface area contributed by atoms with E-state index >= 15 is 0 Å². The molecule has 0 saturated heterocycles. The van der Waals surface area contributed by atoms with Gasteiger partial charge >= 0.3 is 0 Å². The number of halogens is 1. The van der Waals surface area contributed by atoms with Crippen LogP contribution in [0, 0.1) is 0 Å². The van der Waals surface area contributed by atoms with Crippen molar-refractivity contribution in [2.45, 2.75) is 13.2 Å². The molecule has 0 aliphatic rings. The van der Waals surface area contributed by atoms with Gasteiger partial charge in [-0.3, -0.25) is 4.68 Å². The van der Waals surface area contributed by atoms with Crippen LogP contribution in [0.3, 0.4) is 0 Å². The summed E-state index contributed by atoms with van der Waals surface area (Å²) >= 11 is 5.95. The van der Waals surface area contributed by atoms with Crippen molar-refractivity contribution < 1.29 is 9.52 Å². The number of rotatable bonds is 4. The number of para-hydroxylation sites is 1. The van der Waals surface area contributed by atoms with E-state index in [0.717, 1.165) is 27.2 Å². The number of fused-ring (bicyclic) bond motifs is 1. The number of aromatic nitrogens is 2. The van der Waals surface area contributed by atoms with Gasteiger partial charge in [0.1, 0.15) is 18.1 Å². The average molecular weight is 339 g/mol. The Labute approximate surface area is 143 Å². The molecule has 0 fully saturated rings. The second-order valence-corrected chi connectivity index (χ2v) is 6.01. The molecule has 0 saturated carbocycles. The first-order valence-electron chi connectivity index (χ1n) is 7.64. The van der Waals surface area contributed by atoms with E-state index in [0.29, 0.717) is 18.1 Å². The zero-order chi connectivity index (χ0) is 16.5. The van der Waals surface area contributed by atoms with Gasteiger partial charge in [0.25, 0.3) is 0 Å². The van der Waals surface area contributed by atoms with Crippen molar-refractivity contribution in [3.63, 3.8) is 0 Å². The maximum absolute atomic E-state index is 9.20. The van der Waals surface area contributed by atoms with Gasteiger partial charge in [0.05, 0.1) is 12.1 Å². The van der Waals surface area contributed by atoms with Crippen LogP contribution in [0.15, 0.2) is 65.1 Å². The molecule has 4 aromatic rings. The summed E-state index contributed by atoms with van der Waals surface area (Å²) < 4.78 is 7.62. The van der Waals surface area contributed by atoms with E-state index in [1.807, 2.05) is 59.3 Å². The van der Waals surface area contributed by atoms with E-state index in [4.69, 9.17) is 21.1 Å². The van der Waals surface area contributed by atoms with Crippen LogP contribution < -0.4 is 0 Å². The largest absolute Gasteiger partial charge is 0.457 e. The van der Waals surface area contributed by atoms with E-state index in [2.05, 4.69) is 0 Å². The third kappa shape index (κ3) is 2.70. The number of aliphatic hydroxyl groups is 1. The number of furan rings is 1. The van der Waals surface area contributed by atoms with Crippen molar-refractivity contribution in [3.05, 3.63) is 77.0 Å². The van der Waals surface area contributed by atoms with Gasteiger partial charge in [0.15, 0.2) is 5.76 Å². The summed E-state index contributed by atoms with van der Waals surface area (Å²) in [5.74, 6) is 1.19. The fourth-order valence-electron chi connectivity index (χ4n) is 2.78. The molecule has 24 heavy (non-hydrogen) atoms. The minimum Gasteiger partial charge on any atom is -0.457 e. The van der Waals surface area contributed by atoms with Gasteiger partial charge in [-0.15, -0.1) is 0 Å². The smallest absolute Gasteiger partial charge is 0.155 e. The lowest BCUT2D eigenvalue weighted by Gasteiger charge is -2.03. The van der Waals surface area contributed by atoms with Crippen LogP contribution >= 0.6 is 11.6 Å². The van der Waals surface area contributed by atoms with Crippen molar-refractivity contribution in [2.24, 2.45) is 0 Å². The summed E-state index contributed by atoms with van der Waals surface area (Å²) in [6.45, 7) is 0.522. The molecule has 0 spiro atoms. The molecule has 120 valence electrons. The Morgan fingerprint density at radius 2 is 1.79 bits per heavy atom. The summed E-state index contributed by atoms with van der Waals surface area (Å²) in [6.07, 6.45) is 0. The highest BCUT2D eigenvalue weighted by Gasteiger charge is 2.15. The Bertz CT molecular complexity index is 986. The molecule has 0 bridgehead atoms. The molecular weight excluding hydrogens is 324 g/mol. The van der Waals surface area contributed by atoms with E-state index in [-0.39, 0.29) is 6.61 Å². The van der Waals surface area contributed by atoms with Gasteiger partial charge in [0, 0.05) is 10.4 Å². The van der Waals surface area contributed by atoms with Crippen LogP contribution in [0.5, 0.6) is 0 Å². The predicted molar refractivity (Wildman–Crippen MR) is 93.9 cm³/mol. The lowest BCUT2D eigenvalue weighted by molar-refractivity contribution is 0.248. The van der Waals surface area contributed by atoms with Crippen molar-refractivity contribution in [2.75, 3.05) is 0 Å². The highest BCUT2D eigenvalue weighted by molar-refractivity contribution is 6.30. The molecule has 4 rings (SSSR count). The molecule has 5 heteroatoms. The summed E-state index contributed by atoms with van der Waals surface area (Å²) in [5.41, 5.74) is 2.93. The van der Waals surface area contributed by atoms with Crippen LogP contribution in [0.25, 0.3) is 22.4 Å². The Kier molecular flexibility index (Phi) is 3.84. The zero-order valence-corrected chi connectivity index (χ0v) is 13.6. The summed E-state index contributed by atoms with van der Waals surface area (Å²) in [5, 5.41) is 15.7. The lowest BCUT2D eigenvalue weighted by Crippen LogP contribution is -2.01. The molecule has 0 radical (unpaired) electrons. The molecule has 4 nitrogen and oxygen atoms in total. The van der Waals surface area contributed by atoms with Crippen LogP contribution in [0.4, 0.5) is 0 Å². The second kappa shape index (κ2) is 6.15. The first-order valence-corrected chi connectivity index (χ1v) is 8.02. The van der Waals surface area contributed by atoms with Crippen LogP contribution in [0.2, 0.25) is 5.02 Å². The molecule has 0 atom stereocenters. The van der Waals surface area contributed by atoms with E-state index in [9.17, 15) is 5.11 Å². The molecule has 0 aliphatic carbocycles. The summed E-state index contributed by atoms with van der Waals surface area (Å²) in [6, 6.07) is 19.4. The highest BCUT2D eigenvalue weighted by Crippen LogP contribution is 2.29. The second-order valence-electron chi connectivity index (χ2n) is 5.57. The topological polar surface area (TPSA) is 51.2 Å². The minimum absolute atomic E-state index is 0.122. The van der Waals surface area contributed by atoms with Gasteiger partial charge in [0.2, 0.25) is 0 Å². The van der Waals surface area contributed by atoms with E-state index < -0.39 is 0 Å². The van der Waals surface area contributed by atoms with Gasteiger partial charge in [-0.1, -0.05) is 41.9 Å². The Hall–Kier alpha value is -2.56. The fraction of sp³-hybridized carbons (Fsp3) is 0.105. The molecular formula is C19H15ClN2O2. The van der Waals surface area contributed by atoms with Crippen LogP contribution in [0.1, 0.15) is 11.3 Å². The third-order valence-corrected chi connectivity index (χ3v) is 4.21. The van der Waals surface area contributed by atoms with Crippen molar-refractivity contribution in [1.82, 2.24) is 9.78 Å². The Morgan fingerprint density at radius 1 is 1.00 bits per heavy atom. The summed E-state index contributed by atoms with van der Waals surface area (Å²) in [7, 11) is 0. The van der Waals surface area contributed by atoms with Gasteiger partial charge in [-0.25, -0.2) is 0 Å². The maximum Gasteiger partial charge on any atom is 0.155 e. The van der Waals surface area contributed by atoms with Crippen molar-refractivity contribution in [1.29, 1.82) is 0 Å². The Morgan fingerprint density at radius 3 is 2.54 bits per heavy atom. The third-order valence-electron chi connectivity index (χ3n) is 3.95. The first-order chi connectivity index (χ1) is 11.7. The maximum atomic E-state index is 9.20. The summed E-state index contributed by atoms with van der Waals surface area (Å²) in [4.78, 5) is 0. The quantitative estimate of drug-likeness (QED) is 0.596. The molecule has 0 amide bonds.